The molecule has 2 N–H and O–H groups in total. The number of piperazine rings is 1. The molecule has 1 aliphatic rings. The van der Waals surface area contributed by atoms with Gasteiger partial charge in [0, 0.05) is 52.4 Å². The van der Waals surface area contributed by atoms with Crippen LogP contribution in [0, 0.1) is 6.92 Å². The topological polar surface area (TPSA) is 134 Å². The molecule has 0 radical (unpaired) electrons. The third-order valence-corrected chi connectivity index (χ3v) is 7.67. The Kier molecular flexibility index (Phi) is 9.05. The molecule has 4 rings (SSSR count). The number of ether oxygens (including phenoxy) is 2. The van der Waals surface area contributed by atoms with E-state index in [0.29, 0.717) is 31.9 Å². The standard InChI is InChI=1S/C27H31N5O6S2/c1-17-21(13-20(40-17)14-28-30-25(34)38-27(2,3)4)24-29-22(16-39-24)18-6-5-7-19(12-18)37-15-23(33)31-8-10-32(11-9-31)26(35)36/h5-7,12-14,16H,8-11,15H2,1-4H3,(H,30,34)(H,35,36). The molecule has 1 fully saturated rings. The first-order valence-electron chi connectivity index (χ1n) is 12.6. The first kappa shape index (κ1) is 29.0. The molecule has 0 bridgehead atoms. The minimum Gasteiger partial charge on any atom is -0.484 e. The molecule has 3 heterocycles. The Labute approximate surface area is 240 Å². The van der Waals surface area contributed by atoms with Crippen LogP contribution in [0.5, 0.6) is 5.75 Å². The Balaban J connectivity index is 1.35. The molecule has 1 aromatic carbocycles. The number of hydrogen-bond acceptors (Lipinski definition) is 9. The monoisotopic (exact) mass is 585 g/mol. The Hall–Kier alpha value is -3.97. The Morgan fingerprint density at radius 3 is 2.58 bits per heavy atom. The van der Waals surface area contributed by atoms with Crippen molar-refractivity contribution in [2.45, 2.75) is 33.3 Å². The zero-order chi connectivity index (χ0) is 28.9. The van der Waals surface area contributed by atoms with Gasteiger partial charge in [-0.3, -0.25) is 4.79 Å². The van der Waals surface area contributed by atoms with Gasteiger partial charge in [-0.25, -0.2) is 20.0 Å². The number of nitrogens with one attached hydrogen (secondary N) is 1. The maximum atomic E-state index is 12.5. The van der Waals surface area contributed by atoms with Gasteiger partial charge in [0.1, 0.15) is 16.4 Å². The van der Waals surface area contributed by atoms with E-state index in [2.05, 4.69) is 10.5 Å². The van der Waals surface area contributed by atoms with Crippen molar-refractivity contribution in [1.82, 2.24) is 20.2 Å². The molecule has 0 unspecified atom stereocenters. The maximum Gasteiger partial charge on any atom is 0.428 e. The average Bonchev–Trinajstić information content (AvgIpc) is 3.53. The zero-order valence-electron chi connectivity index (χ0n) is 22.7. The molecular weight excluding hydrogens is 554 g/mol. The molecule has 11 nitrogen and oxygen atoms in total. The van der Waals surface area contributed by atoms with Crippen molar-refractivity contribution in [3.8, 4) is 27.6 Å². The number of aryl methyl sites for hydroxylation is 1. The predicted molar refractivity (Wildman–Crippen MR) is 154 cm³/mol. The molecule has 2 aromatic heterocycles. The van der Waals surface area contributed by atoms with Crippen molar-refractivity contribution < 1.29 is 29.0 Å². The number of thiophene rings is 1. The minimum absolute atomic E-state index is 0.125. The molecule has 0 aliphatic carbocycles. The zero-order valence-corrected chi connectivity index (χ0v) is 24.3. The van der Waals surface area contributed by atoms with Gasteiger partial charge in [0.15, 0.2) is 6.61 Å². The van der Waals surface area contributed by atoms with Gasteiger partial charge in [-0.05, 0) is 45.9 Å². The summed E-state index contributed by atoms with van der Waals surface area (Å²) in [6.07, 6.45) is -0.00863. The van der Waals surface area contributed by atoms with Crippen LogP contribution >= 0.6 is 22.7 Å². The first-order chi connectivity index (χ1) is 19.0. The van der Waals surface area contributed by atoms with Crippen molar-refractivity contribution in [3.05, 3.63) is 45.5 Å². The summed E-state index contributed by atoms with van der Waals surface area (Å²) in [4.78, 5) is 45.0. The van der Waals surface area contributed by atoms with Crippen LogP contribution in [0.2, 0.25) is 0 Å². The SMILES string of the molecule is Cc1sc(C=NNC(=O)OC(C)(C)C)cc1-c1nc(-c2cccc(OCC(=O)N3CCN(C(=O)O)CC3)c2)cs1. The lowest BCUT2D eigenvalue weighted by molar-refractivity contribution is -0.134. The van der Waals surface area contributed by atoms with E-state index in [0.717, 1.165) is 31.6 Å². The third-order valence-electron chi connectivity index (χ3n) is 5.81. The third kappa shape index (κ3) is 7.79. The van der Waals surface area contributed by atoms with Crippen molar-refractivity contribution in [2.24, 2.45) is 5.10 Å². The number of hydrazone groups is 1. The molecular formula is C27H31N5O6S2. The van der Waals surface area contributed by atoms with Crippen LogP contribution in [-0.2, 0) is 9.53 Å². The lowest BCUT2D eigenvalue weighted by Crippen LogP contribution is -2.51. The number of rotatable bonds is 7. The molecule has 13 heteroatoms. The highest BCUT2D eigenvalue weighted by atomic mass is 32.1. The van der Waals surface area contributed by atoms with Gasteiger partial charge < -0.3 is 24.4 Å². The van der Waals surface area contributed by atoms with Gasteiger partial charge in [0.2, 0.25) is 0 Å². The van der Waals surface area contributed by atoms with Gasteiger partial charge >= 0.3 is 12.2 Å². The molecule has 1 aliphatic heterocycles. The summed E-state index contributed by atoms with van der Waals surface area (Å²) in [6.45, 7) is 8.53. The molecule has 3 aromatic rings. The summed E-state index contributed by atoms with van der Waals surface area (Å²) in [5.41, 5.74) is 4.41. The van der Waals surface area contributed by atoms with Gasteiger partial charge in [-0.15, -0.1) is 22.7 Å². The first-order valence-corrected chi connectivity index (χ1v) is 14.3. The number of hydrogen-bond donors (Lipinski definition) is 2. The van der Waals surface area contributed by atoms with Crippen LogP contribution in [0.4, 0.5) is 9.59 Å². The number of carbonyl (C=O) groups excluding carboxylic acids is 2. The van der Waals surface area contributed by atoms with E-state index in [1.54, 1.807) is 49.3 Å². The second kappa shape index (κ2) is 12.5. The fourth-order valence-corrected chi connectivity index (χ4v) is 5.76. The maximum absolute atomic E-state index is 12.5. The fourth-order valence-electron chi connectivity index (χ4n) is 3.89. The van der Waals surface area contributed by atoms with Gasteiger partial charge in [-0.1, -0.05) is 12.1 Å². The normalized spacial score (nSPS) is 13.9. The summed E-state index contributed by atoms with van der Waals surface area (Å²) in [6, 6.07) is 9.38. The van der Waals surface area contributed by atoms with Gasteiger partial charge in [-0.2, -0.15) is 5.10 Å². The number of thiazole rings is 1. The number of nitrogens with zero attached hydrogens (tertiary/aromatic N) is 4. The number of carboxylic acid groups (broad SMARTS) is 1. The number of aromatic nitrogens is 1. The highest BCUT2D eigenvalue weighted by Crippen LogP contribution is 2.35. The summed E-state index contributed by atoms with van der Waals surface area (Å²) in [7, 11) is 0. The summed E-state index contributed by atoms with van der Waals surface area (Å²) < 4.78 is 10.9. The fraction of sp³-hybridized carbons (Fsp3) is 0.370. The predicted octanol–water partition coefficient (Wildman–Crippen LogP) is 4.91. The Morgan fingerprint density at radius 2 is 1.88 bits per heavy atom. The van der Waals surface area contributed by atoms with Crippen molar-refractivity contribution >= 4 is 47.0 Å². The lowest BCUT2D eigenvalue weighted by Gasteiger charge is -2.33. The van der Waals surface area contributed by atoms with Crippen molar-refractivity contribution in [3.63, 3.8) is 0 Å². The second-order valence-electron chi connectivity index (χ2n) is 10.00. The second-order valence-corrected chi connectivity index (χ2v) is 12.1. The highest BCUT2D eigenvalue weighted by Gasteiger charge is 2.24. The average molecular weight is 586 g/mol. The summed E-state index contributed by atoms with van der Waals surface area (Å²) in [5.74, 6) is 0.368. The number of benzene rings is 1. The minimum atomic E-state index is -0.971. The largest absolute Gasteiger partial charge is 0.484 e. The van der Waals surface area contributed by atoms with Gasteiger partial charge in [0.25, 0.3) is 5.91 Å². The van der Waals surface area contributed by atoms with Crippen LogP contribution in [0.1, 0.15) is 30.5 Å². The van der Waals surface area contributed by atoms with E-state index in [9.17, 15) is 14.4 Å². The number of carbonyl (C=O) groups is 3. The van der Waals surface area contributed by atoms with E-state index in [4.69, 9.17) is 19.6 Å². The molecule has 0 spiro atoms. The lowest BCUT2D eigenvalue weighted by atomic mass is 10.1. The van der Waals surface area contributed by atoms with Crippen LogP contribution in [0.3, 0.4) is 0 Å². The van der Waals surface area contributed by atoms with E-state index >= 15 is 0 Å². The van der Waals surface area contributed by atoms with E-state index < -0.39 is 17.8 Å². The summed E-state index contributed by atoms with van der Waals surface area (Å²) >= 11 is 3.06. The van der Waals surface area contributed by atoms with E-state index in [-0.39, 0.29) is 12.5 Å². The number of amides is 3. The quantitative estimate of drug-likeness (QED) is 0.297. The van der Waals surface area contributed by atoms with Gasteiger partial charge in [0.05, 0.1) is 11.9 Å². The van der Waals surface area contributed by atoms with Crippen molar-refractivity contribution in [1.29, 1.82) is 0 Å². The highest BCUT2D eigenvalue weighted by molar-refractivity contribution is 7.16. The van der Waals surface area contributed by atoms with Crippen LogP contribution < -0.4 is 10.2 Å². The van der Waals surface area contributed by atoms with Crippen LogP contribution in [-0.4, -0.2) is 82.6 Å². The molecule has 3 amide bonds. The van der Waals surface area contributed by atoms with Crippen molar-refractivity contribution in [2.75, 3.05) is 32.8 Å². The van der Waals surface area contributed by atoms with Crippen LogP contribution in [0.25, 0.3) is 21.8 Å². The Bertz CT molecular complexity index is 1400. The van der Waals surface area contributed by atoms with Crippen LogP contribution in [0.15, 0.2) is 40.8 Å². The Morgan fingerprint density at radius 1 is 1.15 bits per heavy atom. The molecule has 40 heavy (non-hydrogen) atoms. The molecule has 1 saturated heterocycles. The summed E-state index contributed by atoms with van der Waals surface area (Å²) in [5, 5.41) is 15.9. The van der Waals surface area contributed by atoms with E-state index in [1.807, 2.05) is 36.6 Å². The molecule has 212 valence electrons. The molecule has 0 saturated carbocycles. The molecule has 0 atom stereocenters. The smallest absolute Gasteiger partial charge is 0.428 e. The van der Waals surface area contributed by atoms with E-state index in [1.165, 1.54) is 16.2 Å².